The first-order chi connectivity index (χ1) is 9.61. The zero-order valence-electron chi connectivity index (χ0n) is 12.6. The monoisotopic (exact) mass is 339 g/mol. The summed E-state index contributed by atoms with van der Waals surface area (Å²) in [7, 11) is 0. The van der Waals surface area contributed by atoms with E-state index in [0.717, 1.165) is 16.6 Å². The molecule has 2 nitrogen and oxygen atoms in total. The maximum absolute atomic E-state index is 9.64. The van der Waals surface area contributed by atoms with Gasteiger partial charge in [0.1, 0.15) is 0 Å². The number of aliphatic hydroxyl groups is 1. The Morgan fingerprint density at radius 2 is 2.00 bits per heavy atom. The average molecular weight is 340 g/mol. The highest BCUT2D eigenvalue weighted by atomic mass is 79.9. The number of hydrogen-bond acceptors (Lipinski definition) is 2. The van der Waals surface area contributed by atoms with Crippen LogP contribution in [0.5, 0.6) is 0 Å². The Morgan fingerprint density at radius 3 is 2.60 bits per heavy atom. The van der Waals surface area contributed by atoms with Gasteiger partial charge in [-0.05, 0) is 37.3 Å². The van der Waals surface area contributed by atoms with Crippen molar-refractivity contribution >= 4 is 21.6 Å². The van der Waals surface area contributed by atoms with Gasteiger partial charge in [0.05, 0.1) is 6.61 Å². The third kappa shape index (κ3) is 3.98. The summed E-state index contributed by atoms with van der Waals surface area (Å²) in [6.45, 7) is 5.76. The zero-order valence-corrected chi connectivity index (χ0v) is 14.2. The van der Waals surface area contributed by atoms with Crippen molar-refractivity contribution in [3.63, 3.8) is 0 Å². The third-order valence-electron chi connectivity index (χ3n) is 4.24. The third-order valence-corrected chi connectivity index (χ3v) is 4.73. The van der Waals surface area contributed by atoms with E-state index in [1.54, 1.807) is 0 Å². The van der Waals surface area contributed by atoms with Gasteiger partial charge in [-0.25, -0.2) is 0 Å². The van der Waals surface area contributed by atoms with Gasteiger partial charge in [0, 0.05) is 28.3 Å². The molecule has 1 aliphatic rings. The molecule has 0 heterocycles. The first-order valence-corrected chi connectivity index (χ1v) is 8.57. The van der Waals surface area contributed by atoms with Gasteiger partial charge in [-0.2, -0.15) is 0 Å². The van der Waals surface area contributed by atoms with Crippen LogP contribution in [0, 0.1) is 5.92 Å². The summed E-state index contributed by atoms with van der Waals surface area (Å²) in [5, 5.41) is 9.64. The lowest BCUT2D eigenvalue weighted by atomic mass is 10.1. The van der Waals surface area contributed by atoms with Crippen LogP contribution in [-0.2, 0) is 6.61 Å². The second kappa shape index (κ2) is 7.46. The minimum absolute atomic E-state index is 0.119. The normalized spacial score (nSPS) is 16.1. The Hall–Kier alpha value is -0.540. The van der Waals surface area contributed by atoms with E-state index < -0.39 is 0 Å². The Bertz CT molecular complexity index is 427. The van der Waals surface area contributed by atoms with Crippen molar-refractivity contribution in [2.75, 3.05) is 11.4 Å². The Kier molecular flexibility index (Phi) is 5.91. The number of benzene rings is 1. The van der Waals surface area contributed by atoms with Crippen LogP contribution in [0.1, 0.15) is 51.5 Å². The van der Waals surface area contributed by atoms with Crippen LogP contribution in [-0.4, -0.2) is 17.7 Å². The van der Waals surface area contributed by atoms with E-state index in [4.69, 9.17) is 0 Å². The number of halogens is 1. The number of anilines is 1. The lowest BCUT2D eigenvalue weighted by Crippen LogP contribution is -2.35. The van der Waals surface area contributed by atoms with E-state index in [1.807, 2.05) is 12.1 Å². The van der Waals surface area contributed by atoms with Crippen molar-refractivity contribution in [1.29, 1.82) is 0 Å². The first kappa shape index (κ1) is 15.8. The Balaban J connectivity index is 2.26. The average Bonchev–Trinajstić information content (AvgIpc) is 2.93. The summed E-state index contributed by atoms with van der Waals surface area (Å²) in [5.41, 5.74) is 2.26. The molecule has 2 rings (SSSR count). The van der Waals surface area contributed by atoms with Crippen LogP contribution < -0.4 is 4.90 Å². The Morgan fingerprint density at radius 1 is 1.30 bits per heavy atom. The van der Waals surface area contributed by atoms with Crippen LogP contribution in [0.15, 0.2) is 22.7 Å². The molecule has 0 radical (unpaired) electrons. The summed E-state index contributed by atoms with van der Waals surface area (Å²) in [5.74, 6) is 0.712. The second-order valence-corrected chi connectivity index (χ2v) is 7.16. The predicted octanol–water partition coefficient (Wildman–Crippen LogP) is 4.74. The number of rotatable bonds is 6. The molecule has 0 spiro atoms. The molecule has 0 amide bonds. The molecule has 1 aromatic rings. The summed E-state index contributed by atoms with van der Waals surface area (Å²) in [4.78, 5) is 2.54. The highest BCUT2D eigenvalue weighted by molar-refractivity contribution is 9.10. The van der Waals surface area contributed by atoms with Gasteiger partial charge in [-0.15, -0.1) is 0 Å². The van der Waals surface area contributed by atoms with E-state index in [1.165, 1.54) is 37.8 Å². The minimum atomic E-state index is 0.119. The molecule has 0 saturated heterocycles. The molecular weight excluding hydrogens is 314 g/mol. The van der Waals surface area contributed by atoms with Crippen LogP contribution >= 0.6 is 15.9 Å². The number of nitrogens with zero attached hydrogens (tertiary/aromatic N) is 1. The van der Waals surface area contributed by atoms with Gasteiger partial charge in [0.25, 0.3) is 0 Å². The number of hydrogen-bond donors (Lipinski definition) is 1. The highest BCUT2D eigenvalue weighted by Crippen LogP contribution is 2.33. The fraction of sp³-hybridized carbons (Fsp3) is 0.647. The van der Waals surface area contributed by atoms with Crippen molar-refractivity contribution in [3.8, 4) is 0 Å². The quantitative estimate of drug-likeness (QED) is 0.809. The highest BCUT2D eigenvalue weighted by Gasteiger charge is 2.24. The summed E-state index contributed by atoms with van der Waals surface area (Å²) < 4.78 is 1.09. The molecule has 0 unspecified atom stereocenters. The van der Waals surface area contributed by atoms with Crippen molar-refractivity contribution < 1.29 is 5.11 Å². The molecule has 0 aliphatic heterocycles. The molecule has 1 fully saturated rings. The van der Waals surface area contributed by atoms with E-state index in [9.17, 15) is 5.11 Å². The standard InChI is InChI=1S/C17H26BrNO/c1-13(2)9-10-19(16-5-3-4-6-16)17-11-15(18)8-7-14(17)12-20/h7-8,11,13,16,20H,3-6,9-10,12H2,1-2H3. The summed E-state index contributed by atoms with van der Waals surface area (Å²) in [6, 6.07) is 6.87. The van der Waals surface area contributed by atoms with Crippen LogP contribution in [0.25, 0.3) is 0 Å². The van der Waals surface area contributed by atoms with Crippen molar-refractivity contribution in [2.24, 2.45) is 5.92 Å². The molecule has 0 atom stereocenters. The lowest BCUT2D eigenvalue weighted by Gasteiger charge is -2.33. The van der Waals surface area contributed by atoms with E-state index >= 15 is 0 Å². The van der Waals surface area contributed by atoms with Gasteiger partial charge in [-0.1, -0.05) is 48.7 Å². The van der Waals surface area contributed by atoms with Gasteiger partial charge < -0.3 is 10.0 Å². The maximum Gasteiger partial charge on any atom is 0.0702 e. The topological polar surface area (TPSA) is 23.5 Å². The zero-order chi connectivity index (χ0) is 14.5. The fourth-order valence-corrected chi connectivity index (χ4v) is 3.40. The van der Waals surface area contributed by atoms with Gasteiger partial charge in [0.2, 0.25) is 0 Å². The lowest BCUT2D eigenvalue weighted by molar-refractivity contribution is 0.281. The predicted molar refractivity (Wildman–Crippen MR) is 89.1 cm³/mol. The molecule has 1 saturated carbocycles. The maximum atomic E-state index is 9.64. The molecule has 1 aromatic carbocycles. The minimum Gasteiger partial charge on any atom is -0.392 e. The SMILES string of the molecule is CC(C)CCN(c1cc(Br)ccc1CO)C1CCCC1. The smallest absolute Gasteiger partial charge is 0.0702 e. The number of aliphatic hydroxyl groups excluding tert-OH is 1. The molecule has 3 heteroatoms. The van der Waals surface area contributed by atoms with E-state index in [-0.39, 0.29) is 6.61 Å². The van der Waals surface area contributed by atoms with Crippen LogP contribution in [0.4, 0.5) is 5.69 Å². The fourth-order valence-electron chi connectivity index (χ4n) is 3.05. The molecule has 0 bridgehead atoms. The van der Waals surface area contributed by atoms with Gasteiger partial charge in [0.15, 0.2) is 0 Å². The molecular formula is C17H26BrNO. The van der Waals surface area contributed by atoms with Crippen LogP contribution in [0.3, 0.4) is 0 Å². The van der Waals surface area contributed by atoms with Gasteiger partial charge >= 0.3 is 0 Å². The first-order valence-electron chi connectivity index (χ1n) is 7.77. The summed E-state index contributed by atoms with van der Waals surface area (Å²) in [6.07, 6.45) is 6.45. The van der Waals surface area contributed by atoms with E-state index in [2.05, 4.69) is 40.7 Å². The van der Waals surface area contributed by atoms with Crippen molar-refractivity contribution in [1.82, 2.24) is 0 Å². The second-order valence-electron chi connectivity index (χ2n) is 6.25. The molecule has 1 aliphatic carbocycles. The van der Waals surface area contributed by atoms with Crippen LogP contribution in [0.2, 0.25) is 0 Å². The summed E-state index contributed by atoms with van der Waals surface area (Å²) >= 11 is 3.57. The largest absolute Gasteiger partial charge is 0.392 e. The molecule has 0 aromatic heterocycles. The Labute approximate surface area is 131 Å². The van der Waals surface area contributed by atoms with Crippen molar-refractivity contribution in [2.45, 2.75) is 58.6 Å². The molecule has 1 N–H and O–H groups in total. The van der Waals surface area contributed by atoms with Crippen molar-refractivity contribution in [3.05, 3.63) is 28.2 Å². The molecule has 20 heavy (non-hydrogen) atoms. The molecule has 112 valence electrons. The van der Waals surface area contributed by atoms with E-state index in [0.29, 0.717) is 12.0 Å². The van der Waals surface area contributed by atoms with Gasteiger partial charge in [-0.3, -0.25) is 0 Å².